The molecule has 1 aliphatic rings. The van der Waals surface area contributed by atoms with Crippen LogP contribution in [0, 0.1) is 0 Å². The molecule has 2 aromatic rings. The van der Waals surface area contributed by atoms with Crippen molar-refractivity contribution in [2.24, 2.45) is 0 Å². The molecule has 0 saturated heterocycles. The van der Waals surface area contributed by atoms with Gasteiger partial charge in [0.25, 0.3) is 11.5 Å². The Labute approximate surface area is 148 Å². The molecular formula is C15H13F3N4O5. The van der Waals surface area contributed by atoms with Crippen LogP contribution >= 0.6 is 0 Å². The Bertz CT molecular complexity index is 1020. The highest BCUT2D eigenvalue weighted by atomic mass is 19.4. The van der Waals surface area contributed by atoms with E-state index in [2.05, 4.69) is 0 Å². The number of aromatic amines is 1. The molecule has 1 atom stereocenters. The number of halogens is 3. The maximum atomic E-state index is 13.9. The van der Waals surface area contributed by atoms with Gasteiger partial charge in [0.15, 0.2) is 0 Å². The number of nitrogens with one attached hydrogen (secondary N) is 3. The van der Waals surface area contributed by atoms with E-state index in [0.29, 0.717) is 0 Å². The van der Waals surface area contributed by atoms with Crippen molar-refractivity contribution in [3.8, 4) is 0 Å². The number of H-pyrrole nitrogens is 1. The molecule has 144 valence electrons. The molecule has 0 aromatic carbocycles. The average Bonchev–Trinajstić information content (AvgIpc) is 3.18. The van der Waals surface area contributed by atoms with Gasteiger partial charge in [0.1, 0.15) is 17.1 Å². The van der Waals surface area contributed by atoms with E-state index in [4.69, 9.17) is 4.42 Å². The standard InChI is InChI=1S/C15H13F3N4O5/c1-2-8(23)21-14(15(16,17)18)9-10(19-12(14)25)22(13(26)20-11(9)24)6-7-4-3-5-27-7/h3-5H,2,6H2,1H3,(H,19,25)(H,21,23)(H,20,24,26)/t14-/m0/s1. The fourth-order valence-corrected chi connectivity index (χ4v) is 2.83. The number of fused-ring (bicyclic) bond motifs is 1. The highest BCUT2D eigenvalue weighted by Gasteiger charge is 2.68. The molecule has 27 heavy (non-hydrogen) atoms. The number of alkyl halides is 3. The number of furan rings is 1. The van der Waals surface area contributed by atoms with Gasteiger partial charge in [-0.3, -0.25) is 23.9 Å². The highest BCUT2D eigenvalue weighted by molar-refractivity contribution is 6.07. The molecule has 2 aromatic heterocycles. The Hall–Kier alpha value is -3.31. The topological polar surface area (TPSA) is 126 Å². The zero-order valence-corrected chi connectivity index (χ0v) is 13.8. The maximum absolute atomic E-state index is 13.9. The van der Waals surface area contributed by atoms with Gasteiger partial charge >= 0.3 is 11.9 Å². The second-order valence-electron chi connectivity index (χ2n) is 5.75. The fraction of sp³-hybridized carbons (Fsp3) is 0.333. The zero-order valence-electron chi connectivity index (χ0n) is 13.8. The molecule has 9 nitrogen and oxygen atoms in total. The van der Waals surface area contributed by atoms with Crippen LogP contribution in [-0.2, 0) is 21.7 Å². The molecule has 1 aliphatic heterocycles. The number of amides is 2. The minimum Gasteiger partial charge on any atom is -0.467 e. The van der Waals surface area contributed by atoms with Crippen LogP contribution in [0.5, 0.6) is 0 Å². The van der Waals surface area contributed by atoms with Gasteiger partial charge in [-0.05, 0) is 12.1 Å². The fourth-order valence-electron chi connectivity index (χ4n) is 2.83. The number of anilines is 1. The van der Waals surface area contributed by atoms with Crippen molar-refractivity contribution in [2.45, 2.75) is 31.6 Å². The van der Waals surface area contributed by atoms with Crippen molar-refractivity contribution in [3.63, 3.8) is 0 Å². The Morgan fingerprint density at radius 2 is 2.04 bits per heavy atom. The van der Waals surface area contributed by atoms with Crippen LogP contribution in [-0.4, -0.2) is 27.5 Å². The van der Waals surface area contributed by atoms with E-state index in [1.807, 2.05) is 5.32 Å². The summed E-state index contributed by atoms with van der Waals surface area (Å²) in [5.74, 6) is -3.24. The third-order valence-corrected chi connectivity index (χ3v) is 4.11. The SMILES string of the molecule is CCC(=O)N[C@]1(C(F)(F)F)C(=O)Nc2c1c(=O)[nH]c(=O)n2Cc1ccco1. The molecule has 0 radical (unpaired) electrons. The van der Waals surface area contributed by atoms with E-state index >= 15 is 0 Å². The van der Waals surface area contributed by atoms with Crippen LogP contribution in [0.25, 0.3) is 0 Å². The molecule has 12 heteroatoms. The van der Waals surface area contributed by atoms with Crippen LogP contribution < -0.4 is 21.9 Å². The van der Waals surface area contributed by atoms with Gasteiger partial charge in [-0.15, -0.1) is 0 Å². The summed E-state index contributed by atoms with van der Waals surface area (Å²) in [4.78, 5) is 50.1. The predicted molar refractivity (Wildman–Crippen MR) is 83.9 cm³/mol. The van der Waals surface area contributed by atoms with Gasteiger partial charge in [0.05, 0.1) is 12.8 Å². The van der Waals surface area contributed by atoms with Crippen molar-refractivity contribution in [3.05, 3.63) is 50.6 Å². The first kappa shape index (κ1) is 18.5. The summed E-state index contributed by atoms with van der Waals surface area (Å²) in [6, 6.07) is 2.95. The molecule has 0 fully saturated rings. The van der Waals surface area contributed by atoms with Crippen LogP contribution in [0.2, 0.25) is 0 Å². The third kappa shape index (κ3) is 2.73. The Morgan fingerprint density at radius 1 is 1.33 bits per heavy atom. The Balaban J connectivity index is 2.29. The van der Waals surface area contributed by atoms with Gasteiger partial charge in [-0.2, -0.15) is 13.2 Å². The third-order valence-electron chi connectivity index (χ3n) is 4.11. The molecule has 3 heterocycles. The van der Waals surface area contributed by atoms with Crippen LogP contribution in [0.1, 0.15) is 24.7 Å². The van der Waals surface area contributed by atoms with Gasteiger partial charge in [-0.1, -0.05) is 6.92 Å². The zero-order chi connectivity index (χ0) is 20.0. The first-order chi connectivity index (χ1) is 12.6. The Kier molecular flexibility index (Phi) is 4.20. The number of aromatic nitrogens is 2. The van der Waals surface area contributed by atoms with E-state index in [-0.39, 0.29) is 18.7 Å². The summed E-state index contributed by atoms with van der Waals surface area (Å²) in [6.07, 6.45) is -4.41. The van der Waals surface area contributed by atoms with Crippen molar-refractivity contribution >= 4 is 17.6 Å². The smallest absolute Gasteiger partial charge is 0.425 e. The molecule has 3 rings (SSSR count). The summed E-state index contributed by atoms with van der Waals surface area (Å²) in [7, 11) is 0. The predicted octanol–water partition coefficient (Wildman–Crippen LogP) is 0.414. The molecule has 2 amide bonds. The number of carbonyl (C=O) groups is 2. The Morgan fingerprint density at radius 3 is 2.59 bits per heavy atom. The lowest BCUT2D eigenvalue weighted by molar-refractivity contribution is -0.200. The van der Waals surface area contributed by atoms with Crippen molar-refractivity contribution in [1.82, 2.24) is 14.9 Å². The molecule has 0 saturated carbocycles. The van der Waals surface area contributed by atoms with Gasteiger partial charge in [0.2, 0.25) is 11.4 Å². The monoisotopic (exact) mass is 386 g/mol. The molecule has 0 bridgehead atoms. The summed E-state index contributed by atoms with van der Waals surface area (Å²) in [5.41, 5.74) is -7.19. The number of nitrogens with zero attached hydrogens (tertiary/aromatic N) is 1. The van der Waals surface area contributed by atoms with E-state index in [9.17, 15) is 32.3 Å². The van der Waals surface area contributed by atoms with Crippen molar-refractivity contribution in [1.29, 1.82) is 0 Å². The largest absolute Gasteiger partial charge is 0.467 e. The summed E-state index contributed by atoms with van der Waals surface area (Å²) in [6.45, 7) is 0.941. The number of hydrogen-bond donors (Lipinski definition) is 3. The molecule has 3 N–H and O–H groups in total. The number of rotatable bonds is 4. The average molecular weight is 386 g/mol. The lowest BCUT2D eigenvalue weighted by Crippen LogP contribution is -2.62. The number of carbonyl (C=O) groups excluding carboxylic acids is 2. The van der Waals surface area contributed by atoms with E-state index in [1.165, 1.54) is 25.3 Å². The summed E-state index contributed by atoms with van der Waals surface area (Å²) in [5, 5.41) is 3.51. The summed E-state index contributed by atoms with van der Waals surface area (Å²) >= 11 is 0. The van der Waals surface area contributed by atoms with Crippen molar-refractivity contribution < 1.29 is 27.2 Å². The maximum Gasteiger partial charge on any atom is 0.425 e. The second-order valence-corrected chi connectivity index (χ2v) is 5.75. The molecule has 0 aliphatic carbocycles. The number of hydrogen-bond acceptors (Lipinski definition) is 5. The van der Waals surface area contributed by atoms with Crippen molar-refractivity contribution in [2.75, 3.05) is 5.32 Å². The minimum atomic E-state index is -5.34. The van der Waals surface area contributed by atoms with Gasteiger partial charge < -0.3 is 15.1 Å². The first-order valence-electron chi connectivity index (χ1n) is 7.71. The quantitative estimate of drug-likeness (QED) is 0.702. The van der Waals surface area contributed by atoms with Crippen LogP contribution in [0.4, 0.5) is 19.0 Å². The molecular weight excluding hydrogens is 373 g/mol. The van der Waals surface area contributed by atoms with E-state index < -0.39 is 46.2 Å². The van der Waals surface area contributed by atoms with Gasteiger partial charge in [-0.25, -0.2) is 4.79 Å². The van der Waals surface area contributed by atoms with Crippen LogP contribution in [0.3, 0.4) is 0 Å². The molecule has 0 unspecified atom stereocenters. The highest BCUT2D eigenvalue weighted by Crippen LogP contribution is 2.45. The summed E-state index contributed by atoms with van der Waals surface area (Å²) < 4.78 is 47.5. The lowest BCUT2D eigenvalue weighted by Gasteiger charge is -2.29. The van der Waals surface area contributed by atoms with Gasteiger partial charge in [0, 0.05) is 6.42 Å². The normalized spacial score (nSPS) is 18.9. The van der Waals surface area contributed by atoms with E-state index in [1.54, 1.807) is 10.3 Å². The van der Waals surface area contributed by atoms with Crippen LogP contribution in [0.15, 0.2) is 32.4 Å². The lowest BCUT2D eigenvalue weighted by atomic mass is 9.91. The first-order valence-corrected chi connectivity index (χ1v) is 7.71. The molecule has 0 spiro atoms. The van der Waals surface area contributed by atoms with E-state index in [0.717, 1.165) is 4.57 Å². The minimum absolute atomic E-state index is 0.197. The second kappa shape index (κ2) is 6.14.